The quantitative estimate of drug-likeness (QED) is 0.503. The maximum absolute atomic E-state index is 12.1. The molecule has 0 heterocycles. The third kappa shape index (κ3) is 6.94. The third-order valence-electron chi connectivity index (χ3n) is 3.04. The van der Waals surface area contributed by atoms with E-state index in [1.54, 1.807) is 24.3 Å². The number of amides is 3. The SMILES string of the molecule is COC(=O)NC(=O)SNc1ccccc1NC(=S)N(C(=O)OC)C(C)(C)C. The van der Waals surface area contributed by atoms with E-state index in [0.717, 1.165) is 7.11 Å². The number of benzene rings is 1. The number of carbonyl (C=O) groups excluding carboxylic acids is 3. The Morgan fingerprint density at radius 1 is 1.07 bits per heavy atom. The van der Waals surface area contributed by atoms with E-state index in [9.17, 15) is 14.4 Å². The fraction of sp³-hybridized carbons (Fsp3) is 0.375. The van der Waals surface area contributed by atoms with Gasteiger partial charge in [0.05, 0.1) is 25.6 Å². The zero-order chi connectivity index (χ0) is 20.6. The highest BCUT2D eigenvalue weighted by atomic mass is 32.2. The van der Waals surface area contributed by atoms with Crippen LogP contribution in [0.2, 0.25) is 0 Å². The molecule has 0 fully saturated rings. The van der Waals surface area contributed by atoms with Crippen molar-refractivity contribution in [3.63, 3.8) is 0 Å². The molecule has 0 aliphatic heterocycles. The molecule has 148 valence electrons. The van der Waals surface area contributed by atoms with Crippen LogP contribution in [0.3, 0.4) is 0 Å². The number of imide groups is 1. The minimum atomic E-state index is -0.860. The maximum Gasteiger partial charge on any atom is 0.416 e. The summed E-state index contributed by atoms with van der Waals surface area (Å²) in [6.07, 6.45) is -1.46. The van der Waals surface area contributed by atoms with Gasteiger partial charge in [-0.2, -0.15) is 0 Å². The van der Waals surface area contributed by atoms with Crippen molar-refractivity contribution < 1.29 is 23.9 Å². The van der Waals surface area contributed by atoms with Gasteiger partial charge in [0.25, 0.3) is 0 Å². The van der Waals surface area contributed by atoms with Crippen LogP contribution in [0.4, 0.5) is 25.8 Å². The average molecular weight is 415 g/mol. The zero-order valence-corrected chi connectivity index (χ0v) is 17.2. The molecule has 0 spiro atoms. The second-order valence-electron chi connectivity index (χ2n) is 6.06. The molecule has 0 aliphatic rings. The fourth-order valence-electron chi connectivity index (χ4n) is 1.87. The second-order valence-corrected chi connectivity index (χ2v) is 7.23. The third-order valence-corrected chi connectivity index (χ3v) is 3.94. The van der Waals surface area contributed by atoms with E-state index in [4.69, 9.17) is 17.0 Å². The van der Waals surface area contributed by atoms with Gasteiger partial charge in [0.1, 0.15) is 0 Å². The lowest BCUT2D eigenvalue weighted by molar-refractivity contribution is 0.121. The largest absolute Gasteiger partial charge is 0.453 e. The van der Waals surface area contributed by atoms with Crippen LogP contribution < -0.4 is 15.4 Å². The van der Waals surface area contributed by atoms with E-state index in [1.807, 2.05) is 26.1 Å². The standard InChI is InChI=1S/C16H22N4O5S2/c1-16(2,3)20(15(23)25-5)12(26)17-10-8-6-7-9-11(10)19-27-14(22)18-13(21)24-4/h6-9,19H,1-5H3,(H,17,26)(H,18,21,22). The molecule has 9 nitrogen and oxygen atoms in total. The van der Waals surface area contributed by atoms with Gasteiger partial charge in [0, 0.05) is 17.5 Å². The summed E-state index contributed by atoms with van der Waals surface area (Å²) in [5.74, 6) is 0. The Hall–Kier alpha value is -2.53. The van der Waals surface area contributed by atoms with Gasteiger partial charge in [-0.3, -0.25) is 10.1 Å². The minimum absolute atomic E-state index is 0.132. The number of para-hydroxylation sites is 2. The van der Waals surface area contributed by atoms with Crippen molar-refractivity contribution in [2.75, 3.05) is 24.3 Å². The van der Waals surface area contributed by atoms with Gasteiger partial charge in [-0.15, -0.1) is 0 Å². The Morgan fingerprint density at radius 2 is 1.67 bits per heavy atom. The van der Waals surface area contributed by atoms with Crippen molar-refractivity contribution in [1.82, 2.24) is 10.2 Å². The number of hydrogen-bond donors (Lipinski definition) is 3. The van der Waals surface area contributed by atoms with E-state index in [-0.39, 0.29) is 5.11 Å². The van der Waals surface area contributed by atoms with Gasteiger partial charge in [0.15, 0.2) is 5.11 Å². The molecule has 0 saturated heterocycles. The van der Waals surface area contributed by atoms with Gasteiger partial charge >= 0.3 is 17.4 Å². The fourth-order valence-corrected chi connectivity index (χ4v) is 2.84. The number of hydrogen-bond acceptors (Lipinski definition) is 8. The van der Waals surface area contributed by atoms with Crippen LogP contribution in [0.1, 0.15) is 20.8 Å². The van der Waals surface area contributed by atoms with E-state index in [0.29, 0.717) is 23.3 Å². The molecule has 3 N–H and O–H groups in total. The topological polar surface area (TPSA) is 109 Å². The van der Waals surface area contributed by atoms with Crippen LogP contribution in [0.25, 0.3) is 0 Å². The summed E-state index contributed by atoms with van der Waals surface area (Å²) in [7, 11) is 2.43. The number of nitrogens with zero attached hydrogens (tertiary/aromatic N) is 1. The smallest absolute Gasteiger partial charge is 0.416 e. The number of anilines is 2. The average Bonchev–Trinajstić information content (AvgIpc) is 2.59. The van der Waals surface area contributed by atoms with E-state index in [2.05, 4.69) is 14.8 Å². The molecule has 27 heavy (non-hydrogen) atoms. The van der Waals surface area contributed by atoms with Crippen LogP contribution in [0.5, 0.6) is 0 Å². The molecule has 1 rings (SSSR count). The molecule has 0 unspecified atom stereocenters. The molecule has 0 radical (unpaired) electrons. The Labute approximate surface area is 167 Å². The molecule has 11 heteroatoms. The molecule has 0 aromatic heterocycles. The first-order chi connectivity index (χ1) is 12.6. The predicted molar refractivity (Wildman–Crippen MR) is 109 cm³/mol. The highest BCUT2D eigenvalue weighted by Crippen LogP contribution is 2.26. The van der Waals surface area contributed by atoms with Crippen molar-refractivity contribution in [2.24, 2.45) is 0 Å². The number of thiocarbonyl (C=S) groups is 1. The summed E-state index contributed by atoms with van der Waals surface area (Å²) in [5, 5.41) is 4.45. The molecule has 1 aromatic rings. The number of carbonyl (C=O) groups is 3. The van der Waals surface area contributed by atoms with Gasteiger partial charge in [-0.05, 0) is 45.1 Å². The number of nitrogens with one attached hydrogen (secondary N) is 3. The maximum atomic E-state index is 12.1. The summed E-state index contributed by atoms with van der Waals surface area (Å²) >= 11 is 6.01. The first kappa shape index (κ1) is 22.5. The van der Waals surface area contributed by atoms with Gasteiger partial charge in [0.2, 0.25) is 0 Å². The number of ether oxygens (including phenoxy) is 2. The first-order valence-corrected chi connectivity index (χ1v) is 8.92. The molecular weight excluding hydrogens is 392 g/mol. The lowest BCUT2D eigenvalue weighted by Crippen LogP contribution is -2.51. The van der Waals surface area contributed by atoms with Crippen molar-refractivity contribution >= 4 is 58.1 Å². The molecule has 3 amide bonds. The summed E-state index contributed by atoms with van der Waals surface area (Å²) < 4.78 is 12.0. The molecule has 1 aromatic carbocycles. The van der Waals surface area contributed by atoms with Crippen molar-refractivity contribution in [1.29, 1.82) is 0 Å². The summed E-state index contributed by atoms with van der Waals surface area (Å²) in [6.45, 7) is 5.44. The van der Waals surface area contributed by atoms with E-state index >= 15 is 0 Å². The molecule has 0 atom stereocenters. The van der Waals surface area contributed by atoms with E-state index in [1.165, 1.54) is 12.0 Å². The van der Waals surface area contributed by atoms with Crippen LogP contribution in [0.15, 0.2) is 24.3 Å². The van der Waals surface area contributed by atoms with E-state index < -0.39 is 23.0 Å². The summed E-state index contributed by atoms with van der Waals surface area (Å²) in [6, 6.07) is 6.92. The van der Waals surface area contributed by atoms with Gasteiger partial charge in [-0.25, -0.2) is 14.5 Å². The molecule has 0 aliphatic carbocycles. The summed E-state index contributed by atoms with van der Waals surface area (Å²) in [5.41, 5.74) is 0.428. The Kier molecular flexibility index (Phi) is 8.32. The zero-order valence-electron chi connectivity index (χ0n) is 15.6. The Morgan fingerprint density at radius 3 is 2.19 bits per heavy atom. The van der Waals surface area contributed by atoms with Crippen molar-refractivity contribution in [3.8, 4) is 0 Å². The van der Waals surface area contributed by atoms with Crippen LogP contribution in [-0.2, 0) is 9.47 Å². The highest BCUT2D eigenvalue weighted by Gasteiger charge is 2.31. The number of alkyl carbamates (subject to hydrolysis) is 1. The second kappa shape index (κ2) is 9.97. The Balaban J connectivity index is 2.89. The number of rotatable bonds is 3. The van der Waals surface area contributed by atoms with Gasteiger partial charge in [-0.1, -0.05) is 12.1 Å². The summed E-state index contributed by atoms with van der Waals surface area (Å²) in [4.78, 5) is 36.1. The predicted octanol–water partition coefficient (Wildman–Crippen LogP) is 3.79. The van der Waals surface area contributed by atoms with Crippen LogP contribution in [0, 0.1) is 0 Å². The lowest BCUT2D eigenvalue weighted by Gasteiger charge is -2.34. The van der Waals surface area contributed by atoms with Gasteiger partial charge < -0.3 is 19.5 Å². The minimum Gasteiger partial charge on any atom is -0.453 e. The normalized spacial score (nSPS) is 10.4. The number of methoxy groups -OCH3 is 2. The molecular formula is C16H22N4O5S2. The first-order valence-electron chi connectivity index (χ1n) is 7.70. The van der Waals surface area contributed by atoms with Crippen molar-refractivity contribution in [3.05, 3.63) is 24.3 Å². The molecule has 0 saturated carbocycles. The van der Waals surface area contributed by atoms with Crippen LogP contribution >= 0.6 is 24.2 Å². The highest BCUT2D eigenvalue weighted by molar-refractivity contribution is 8.14. The van der Waals surface area contributed by atoms with Crippen molar-refractivity contribution in [2.45, 2.75) is 26.3 Å². The Bertz CT molecular complexity index is 721. The molecule has 0 bridgehead atoms. The monoisotopic (exact) mass is 414 g/mol. The van der Waals surface area contributed by atoms with Crippen LogP contribution in [-0.4, -0.2) is 47.2 Å². The lowest BCUT2D eigenvalue weighted by atomic mass is 10.1.